The second kappa shape index (κ2) is 7.64. The van der Waals surface area contributed by atoms with Crippen molar-refractivity contribution in [1.82, 2.24) is 10.2 Å². The standard InChI is InChI=1S/C17H22N2O2/c1-19(2)15(16-9-6-12-21-16)13-18-17(20)11-10-14-7-4-3-5-8-14/h3-9,12,15H,10-11,13H2,1-2H3,(H,18,20). The molecule has 0 aliphatic heterocycles. The Kier molecular flexibility index (Phi) is 5.58. The number of hydrogen-bond donors (Lipinski definition) is 1. The Balaban J connectivity index is 1.80. The molecule has 2 aromatic rings. The third-order valence-corrected chi connectivity index (χ3v) is 3.47. The van der Waals surface area contributed by atoms with Crippen LogP contribution in [0.15, 0.2) is 53.1 Å². The van der Waals surface area contributed by atoms with Crippen molar-refractivity contribution in [2.75, 3.05) is 20.6 Å². The topological polar surface area (TPSA) is 45.5 Å². The number of benzene rings is 1. The molecule has 0 radical (unpaired) electrons. The molecule has 0 saturated heterocycles. The smallest absolute Gasteiger partial charge is 0.220 e. The summed E-state index contributed by atoms with van der Waals surface area (Å²) in [6, 6.07) is 13.9. The van der Waals surface area contributed by atoms with Crippen LogP contribution in [0, 0.1) is 0 Å². The van der Waals surface area contributed by atoms with E-state index in [1.54, 1.807) is 6.26 Å². The summed E-state index contributed by atoms with van der Waals surface area (Å²) in [6.07, 6.45) is 2.92. The number of aryl methyl sites for hydroxylation is 1. The van der Waals surface area contributed by atoms with Crippen LogP contribution in [0.2, 0.25) is 0 Å². The van der Waals surface area contributed by atoms with E-state index in [1.807, 2.05) is 61.5 Å². The first kappa shape index (κ1) is 15.3. The van der Waals surface area contributed by atoms with E-state index >= 15 is 0 Å². The van der Waals surface area contributed by atoms with E-state index in [4.69, 9.17) is 4.42 Å². The molecule has 1 amide bonds. The van der Waals surface area contributed by atoms with Gasteiger partial charge in [0, 0.05) is 13.0 Å². The Hall–Kier alpha value is -2.07. The number of likely N-dealkylation sites (N-methyl/N-ethyl adjacent to an activating group) is 1. The van der Waals surface area contributed by atoms with Crippen molar-refractivity contribution in [2.24, 2.45) is 0 Å². The highest BCUT2D eigenvalue weighted by molar-refractivity contribution is 5.76. The number of carbonyl (C=O) groups excluding carboxylic acids is 1. The maximum absolute atomic E-state index is 12.0. The second-order valence-electron chi connectivity index (χ2n) is 5.28. The van der Waals surface area contributed by atoms with Gasteiger partial charge in [-0.25, -0.2) is 0 Å². The Labute approximate surface area is 125 Å². The van der Waals surface area contributed by atoms with Gasteiger partial charge in [-0.05, 0) is 38.2 Å². The second-order valence-corrected chi connectivity index (χ2v) is 5.28. The summed E-state index contributed by atoms with van der Waals surface area (Å²) in [7, 11) is 3.95. The van der Waals surface area contributed by atoms with E-state index in [9.17, 15) is 4.79 Å². The molecule has 0 aliphatic carbocycles. The van der Waals surface area contributed by atoms with Gasteiger partial charge in [0.15, 0.2) is 0 Å². The molecule has 0 bridgehead atoms. The molecule has 0 saturated carbocycles. The molecule has 1 unspecified atom stereocenters. The van der Waals surface area contributed by atoms with E-state index in [1.165, 1.54) is 5.56 Å². The van der Waals surface area contributed by atoms with Gasteiger partial charge in [0.05, 0.1) is 12.3 Å². The molecule has 1 heterocycles. The third kappa shape index (κ3) is 4.76. The van der Waals surface area contributed by atoms with Gasteiger partial charge in [0.25, 0.3) is 0 Å². The van der Waals surface area contributed by atoms with Crippen molar-refractivity contribution in [3.05, 3.63) is 60.1 Å². The molecular weight excluding hydrogens is 264 g/mol. The molecule has 0 fully saturated rings. The predicted octanol–water partition coefficient (Wildman–Crippen LogP) is 2.63. The molecule has 1 aromatic carbocycles. The highest BCUT2D eigenvalue weighted by Gasteiger charge is 2.17. The average molecular weight is 286 g/mol. The van der Waals surface area contributed by atoms with Crippen LogP contribution in [0.4, 0.5) is 0 Å². The van der Waals surface area contributed by atoms with Crippen LogP contribution >= 0.6 is 0 Å². The summed E-state index contributed by atoms with van der Waals surface area (Å²) in [5.74, 6) is 0.931. The fourth-order valence-electron chi connectivity index (χ4n) is 2.22. The average Bonchev–Trinajstić information content (AvgIpc) is 3.00. The highest BCUT2D eigenvalue weighted by Crippen LogP contribution is 2.17. The van der Waals surface area contributed by atoms with E-state index in [0.717, 1.165) is 12.2 Å². The van der Waals surface area contributed by atoms with Gasteiger partial charge in [-0.15, -0.1) is 0 Å². The minimum atomic E-state index is 0.0562. The molecule has 4 heteroatoms. The van der Waals surface area contributed by atoms with Gasteiger partial charge >= 0.3 is 0 Å². The van der Waals surface area contributed by atoms with Crippen molar-refractivity contribution in [2.45, 2.75) is 18.9 Å². The van der Waals surface area contributed by atoms with Gasteiger partial charge in [-0.1, -0.05) is 30.3 Å². The number of nitrogens with zero attached hydrogens (tertiary/aromatic N) is 1. The first-order chi connectivity index (χ1) is 10.2. The number of amides is 1. The molecule has 21 heavy (non-hydrogen) atoms. The summed E-state index contributed by atoms with van der Waals surface area (Å²) in [4.78, 5) is 14.0. The van der Waals surface area contributed by atoms with Crippen LogP contribution in [0.25, 0.3) is 0 Å². The van der Waals surface area contributed by atoms with Gasteiger partial charge in [0.1, 0.15) is 5.76 Å². The maximum atomic E-state index is 12.0. The van der Waals surface area contributed by atoms with Crippen molar-refractivity contribution >= 4 is 5.91 Å². The first-order valence-electron chi connectivity index (χ1n) is 7.17. The normalized spacial score (nSPS) is 12.3. The Morgan fingerprint density at radius 2 is 1.95 bits per heavy atom. The van der Waals surface area contributed by atoms with Crippen molar-refractivity contribution < 1.29 is 9.21 Å². The molecule has 0 aliphatic rings. The minimum Gasteiger partial charge on any atom is -0.468 e. The molecule has 4 nitrogen and oxygen atoms in total. The summed E-state index contributed by atoms with van der Waals surface area (Å²) in [5.41, 5.74) is 1.18. The maximum Gasteiger partial charge on any atom is 0.220 e. The molecule has 0 spiro atoms. The zero-order chi connectivity index (χ0) is 15.1. The summed E-state index contributed by atoms with van der Waals surface area (Å²) < 4.78 is 5.43. The SMILES string of the molecule is CN(C)C(CNC(=O)CCc1ccccc1)c1ccco1. The van der Waals surface area contributed by atoms with Crippen LogP contribution in [0.3, 0.4) is 0 Å². The highest BCUT2D eigenvalue weighted by atomic mass is 16.3. The molecule has 2 rings (SSSR count). The quantitative estimate of drug-likeness (QED) is 0.851. The Morgan fingerprint density at radius 1 is 1.19 bits per heavy atom. The van der Waals surface area contributed by atoms with Crippen LogP contribution in [-0.4, -0.2) is 31.4 Å². The first-order valence-corrected chi connectivity index (χ1v) is 7.17. The summed E-state index contributed by atoms with van der Waals surface area (Å²) in [5, 5.41) is 2.98. The minimum absolute atomic E-state index is 0.0562. The van der Waals surface area contributed by atoms with Crippen molar-refractivity contribution in [3.63, 3.8) is 0 Å². The number of furan rings is 1. The predicted molar refractivity (Wildman–Crippen MR) is 82.9 cm³/mol. The fourth-order valence-corrected chi connectivity index (χ4v) is 2.22. The fraction of sp³-hybridized carbons (Fsp3) is 0.353. The Bertz CT molecular complexity index is 535. The lowest BCUT2D eigenvalue weighted by atomic mass is 10.1. The number of hydrogen-bond acceptors (Lipinski definition) is 3. The van der Waals surface area contributed by atoms with Crippen LogP contribution in [0.1, 0.15) is 23.8 Å². The molecule has 1 aromatic heterocycles. The van der Waals surface area contributed by atoms with Gasteiger partial charge in [0.2, 0.25) is 5.91 Å². The van der Waals surface area contributed by atoms with Crippen molar-refractivity contribution in [3.8, 4) is 0 Å². The lowest BCUT2D eigenvalue weighted by Gasteiger charge is -2.22. The van der Waals surface area contributed by atoms with Crippen LogP contribution in [-0.2, 0) is 11.2 Å². The van der Waals surface area contributed by atoms with E-state index in [0.29, 0.717) is 13.0 Å². The lowest BCUT2D eigenvalue weighted by molar-refractivity contribution is -0.121. The molecule has 1 N–H and O–H groups in total. The van der Waals surface area contributed by atoms with E-state index < -0.39 is 0 Å². The zero-order valence-electron chi connectivity index (χ0n) is 12.6. The Morgan fingerprint density at radius 3 is 2.57 bits per heavy atom. The van der Waals surface area contributed by atoms with Crippen molar-refractivity contribution in [1.29, 1.82) is 0 Å². The largest absolute Gasteiger partial charge is 0.468 e. The number of nitrogens with one attached hydrogen (secondary N) is 1. The molecular formula is C17H22N2O2. The van der Waals surface area contributed by atoms with Crippen LogP contribution in [0.5, 0.6) is 0 Å². The van der Waals surface area contributed by atoms with E-state index in [2.05, 4.69) is 5.32 Å². The monoisotopic (exact) mass is 286 g/mol. The van der Waals surface area contributed by atoms with Crippen LogP contribution < -0.4 is 5.32 Å². The van der Waals surface area contributed by atoms with Gasteiger partial charge < -0.3 is 9.73 Å². The molecule has 1 atom stereocenters. The summed E-state index contributed by atoms with van der Waals surface area (Å²) >= 11 is 0. The van der Waals surface area contributed by atoms with Gasteiger partial charge in [-0.2, -0.15) is 0 Å². The van der Waals surface area contributed by atoms with E-state index in [-0.39, 0.29) is 11.9 Å². The molecule has 112 valence electrons. The number of rotatable bonds is 7. The zero-order valence-corrected chi connectivity index (χ0v) is 12.6. The van der Waals surface area contributed by atoms with Gasteiger partial charge in [-0.3, -0.25) is 9.69 Å². The summed E-state index contributed by atoms with van der Waals surface area (Å²) in [6.45, 7) is 0.550. The number of carbonyl (C=O) groups is 1. The third-order valence-electron chi connectivity index (χ3n) is 3.47. The lowest BCUT2D eigenvalue weighted by Crippen LogP contribution is -2.34.